The van der Waals surface area contributed by atoms with Gasteiger partial charge in [-0.25, -0.2) is 4.98 Å². The van der Waals surface area contributed by atoms with E-state index in [1.165, 1.54) is 17.5 Å². The lowest BCUT2D eigenvalue weighted by molar-refractivity contribution is 0.0136. The van der Waals surface area contributed by atoms with Crippen LogP contribution in [0, 0.1) is 5.41 Å². The first-order valence-corrected chi connectivity index (χ1v) is 12.3. The van der Waals surface area contributed by atoms with Crippen LogP contribution in [0.3, 0.4) is 0 Å². The number of ether oxygens (including phenoxy) is 2. The summed E-state index contributed by atoms with van der Waals surface area (Å²) in [6.07, 6.45) is 6.27. The predicted molar refractivity (Wildman–Crippen MR) is 128 cm³/mol. The van der Waals surface area contributed by atoms with E-state index in [-0.39, 0.29) is 17.2 Å². The van der Waals surface area contributed by atoms with Gasteiger partial charge in [0.1, 0.15) is 17.2 Å². The van der Waals surface area contributed by atoms with Crippen LogP contribution in [0.2, 0.25) is 0 Å². The van der Waals surface area contributed by atoms with Gasteiger partial charge >= 0.3 is 0 Å². The third kappa shape index (κ3) is 5.47. The highest BCUT2D eigenvalue weighted by Gasteiger charge is 2.36. The van der Waals surface area contributed by atoms with Crippen LogP contribution in [-0.2, 0) is 4.74 Å². The Balaban J connectivity index is 1.57. The standard InChI is InChI=1S/C24H32N4O4S/c1-31-17-24-8-4-5-11-27(22(30)20-16-26-23(25)33-20)14-15-32-19-7-3-2-6-18(19)21(29)28(12-9-24)13-10-24/h2-3,6-7,16H,4-5,8-15,17H2,1H3,(H2,25,26). The van der Waals surface area contributed by atoms with Crippen molar-refractivity contribution in [1.82, 2.24) is 14.8 Å². The maximum absolute atomic E-state index is 13.3. The minimum atomic E-state index is -0.0832. The van der Waals surface area contributed by atoms with E-state index in [0.29, 0.717) is 60.7 Å². The van der Waals surface area contributed by atoms with E-state index >= 15 is 0 Å². The minimum absolute atomic E-state index is 0.000411. The number of thiazole rings is 1. The molecule has 0 spiro atoms. The summed E-state index contributed by atoms with van der Waals surface area (Å²) in [6, 6.07) is 7.36. The number of nitrogens with zero attached hydrogens (tertiary/aromatic N) is 3. The first-order chi connectivity index (χ1) is 16.0. The average molecular weight is 473 g/mol. The quantitative estimate of drug-likeness (QED) is 0.736. The van der Waals surface area contributed by atoms with Crippen LogP contribution in [-0.4, -0.2) is 73.1 Å². The van der Waals surface area contributed by atoms with Crippen LogP contribution in [0.25, 0.3) is 0 Å². The number of carbonyl (C=O) groups excluding carboxylic acids is 2. The van der Waals surface area contributed by atoms with E-state index in [1.54, 1.807) is 12.0 Å². The molecular formula is C24H32N4O4S. The molecule has 3 aliphatic heterocycles. The molecule has 0 radical (unpaired) electrons. The fourth-order valence-corrected chi connectivity index (χ4v) is 5.47. The van der Waals surface area contributed by atoms with Crippen LogP contribution >= 0.6 is 11.3 Å². The number of methoxy groups -OCH3 is 1. The number of carbonyl (C=O) groups is 2. The van der Waals surface area contributed by atoms with Crippen molar-refractivity contribution in [1.29, 1.82) is 0 Å². The number of hydrogen-bond acceptors (Lipinski definition) is 7. The zero-order valence-corrected chi connectivity index (χ0v) is 19.9. The minimum Gasteiger partial charge on any atom is -0.491 e. The summed E-state index contributed by atoms with van der Waals surface area (Å²) in [5, 5.41) is 0.382. The molecule has 2 bridgehead atoms. The Bertz CT molecular complexity index is 971. The van der Waals surface area contributed by atoms with E-state index in [9.17, 15) is 9.59 Å². The fourth-order valence-electron chi connectivity index (χ4n) is 4.82. The Hall–Kier alpha value is -2.65. The maximum Gasteiger partial charge on any atom is 0.265 e. The number of amides is 2. The van der Waals surface area contributed by atoms with Gasteiger partial charge in [0.15, 0.2) is 5.13 Å². The second-order valence-corrected chi connectivity index (χ2v) is 9.94. The molecule has 3 aliphatic rings. The number of hydrogen-bond donors (Lipinski definition) is 1. The first kappa shape index (κ1) is 23.5. The van der Waals surface area contributed by atoms with Crippen LogP contribution < -0.4 is 10.5 Å². The summed E-state index contributed by atoms with van der Waals surface area (Å²) in [4.78, 5) is 34.7. The molecule has 2 aromatic rings. The largest absolute Gasteiger partial charge is 0.491 e. The molecule has 0 saturated carbocycles. The van der Waals surface area contributed by atoms with E-state index in [2.05, 4.69) is 4.98 Å². The molecule has 1 aromatic heterocycles. The number of benzene rings is 1. The van der Waals surface area contributed by atoms with Crippen molar-refractivity contribution < 1.29 is 19.1 Å². The summed E-state index contributed by atoms with van der Waals surface area (Å²) >= 11 is 1.20. The van der Waals surface area contributed by atoms with Crippen molar-refractivity contribution in [2.24, 2.45) is 5.41 Å². The SMILES string of the molecule is COCC12CCCCN(C(=O)c3cnc(N)s3)CCOc3ccccc3C(=O)N(CC1)CC2. The number of piperidine rings is 1. The Morgan fingerprint density at radius 2 is 1.97 bits per heavy atom. The lowest BCUT2D eigenvalue weighted by atomic mass is 9.75. The molecule has 2 N–H and O–H groups in total. The number of aromatic nitrogens is 1. The summed E-state index contributed by atoms with van der Waals surface area (Å²) in [5.74, 6) is 0.472. The Kier molecular flexibility index (Phi) is 7.49. The fraction of sp³-hybridized carbons (Fsp3) is 0.542. The average Bonchev–Trinajstić information content (AvgIpc) is 3.26. The smallest absolute Gasteiger partial charge is 0.265 e. The molecule has 0 atom stereocenters. The van der Waals surface area contributed by atoms with E-state index in [0.717, 1.165) is 32.1 Å². The molecule has 0 unspecified atom stereocenters. The number of nitrogen functional groups attached to an aromatic ring is 1. The van der Waals surface area contributed by atoms with Gasteiger partial charge in [0, 0.05) is 26.7 Å². The highest BCUT2D eigenvalue weighted by Crippen LogP contribution is 2.38. The number of fused-ring (bicyclic) bond motifs is 9. The zero-order chi connectivity index (χ0) is 23.3. The van der Waals surface area contributed by atoms with Gasteiger partial charge in [0.25, 0.3) is 11.8 Å². The van der Waals surface area contributed by atoms with Gasteiger partial charge in [0.2, 0.25) is 0 Å². The second-order valence-electron chi connectivity index (χ2n) is 8.88. The molecule has 0 aliphatic carbocycles. The molecule has 33 heavy (non-hydrogen) atoms. The van der Waals surface area contributed by atoms with E-state index in [4.69, 9.17) is 15.2 Å². The van der Waals surface area contributed by atoms with Crippen LogP contribution in [0.5, 0.6) is 5.75 Å². The molecule has 2 amide bonds. The number of nitrogens with two attached hydrogens (primary N) is 1. The highest BCUT2D eigenvalue weighted by atomic mass is 32.1. The summed E-state index contributed by atoms with van der Waals surface area (Å²) < 4.78 is 11.6. The van der Waals surface area contributed by atoms with E-state index < -0.39 is 0 Å². The van der Waals surface area contributed by atoms with Crippen LogP contribution in [0.15, 0.2) is 30.5 Å². The normalized spacial score (nSPS) is 19.4. The molecule has 1 aromatic carbocycles. The molecule has 1 saturated heterocycles. The topological polar surface area (TPSA) is 98.0 Å². The van der Waals surface area contributed by atoms with Gasteiger partial charge in [-0.2, -0.15) is 0 Å². The van der Waals surface area contributed by atoms with Crippen LogP contribution in [0.4, 0.5) is 5.13 Å². The highest BCUT2D eigenvalue weighted by molar-refractivity contribution is 7.17. The number of rotatable bonds is 3. The van der Waals surface area contributed by atoms with Gasteiger partial charge < -0.3 is 25.0 Å². The third-order valence-electron chi connectivity index (χ3n) is 6.70. The Morgan fingerprint density at radius 3 is 2.70 bits per heavy atom. The van der Waals surface area contributed by atoms with E-state index in [1.807, 2.05) is 29.2 Å². The third-order valence-corrected chi connectivity index (χ3v) is 7.52. The molecule has 4 heterocycles. The number of anilines is 1. The summed E-state index contributed by atoms with van der Waals surface area (Å²) in [5.41, 5.74) is 6.38. The molecule has 8 nitrogen and oxygen atoms in total. The molecule has 9 heteroatoms. The molecule has 5 rings (SSSR count). The van der Waals surface area contributed by atoms with Crippen LogP contribution in [0.1, 0.15) is 52.1 Å². The van der Waals surface area contributed by atoms with Crippen molar-refractivity contribution in [3.63, 3.8) is 0 Å². The first-order valence-electron chi connectivity index (χ1n) is 11.5. The zero-order valence-electron chi connectivity index (χ0n) is 19.1. The van der Waals surface area contributed by atoms with Gasteiger partial charge in [-0.3, -0.25) is 9.59 Å². The number of para-hydroxylation sites is 1. The van der Waals surface area contributed by atoms with Crippen molar-refractivity contribution in [2.75, 3.05) is 52.2 Å². The molecular weight excluding hydrogens is 440 g/mol. The maximum atomic E-state index is 13.3. The van der Waals surface area contributed by atoms with Crippen molar-refractivity contribution in [3.8, 4) is 5.75 Å². The second kappa shape index (κ2) is 10.5. The van der Waals surface area contributed by atoms with Crippen molar-refractivity contribution in [2.45, 2.75) is 32.1 Å². The lowest BCUT2D eigenvalue weighted by Gasteiger charge is -2.41. The van der Waals surface area contributed by atoms with Gasteiger partial charge in [0.05, 0.1) is 24.9 Å². The summed E-state index contributed by atoms with van der Waals surface area (Å²) in [6.45, 7) is 3.49. The monoisotopic (exact) mass is 472 g/mol. The van der Waals surface area contributed by atoms with Gasteiger partial charge in [-0.1, -0.05) is 29.9 Å². The van der Waals surface area contributed by atoms with Crippen molar-refractivity contribution >= 4 is 28.3 Å². The van der Waals surface area contributed by atoms with Crippen molar-refractivity contribution in [3.05, 3.63) is 40.9 Å². The molecule has 1 fully saturated rings. The molecule has 178 valence electrons. The van der Waals surface area contributed by atoms with Gasteiger partial charge in [-0.05, 0) is 43.2 Å². The summed E-state index contributed by atoms with van der Waals surface area (Å²) in [7, 11) is 1.75. The lowest BCUT2D eigenvalue weighted by Crippen LogP contribution is -2.45. The van der Waals surface area contributed by atoms with Gasteiger partial charge in [-0.15, -0.1) is 0 Å². The predicted octanol–water partition coefficient (Wildman–Crippen LogP) is 3.30. The Morgan fingerprint density at radius 1 is 1.18 bits per heavy atom. The Labute approximate surface area is 198 Å².